The van der Waals surface area contributed by atoms with Crippen LogP contribution in [0.15, 0.2) is 11.6 Å². The Bertz CT molecular complexity index is 592. The minimum absolute atomic E-state index is 0.0500. The average molecular weight is 296 g/mol. The van der Waals surface area contributed by atoms with Crippen molar-refractivity contribution in [3.8, 4) is 0 Å². The van der Waals surface area contributed by atoms with E-state index in [0.29, 0.717) is 10.7 Å². The Labute approximate surface area is 122 Å². The van der Waals surface area contributed by atoms with Gasteiger partial charge in [0.05, 0.1) is 0 Å². The molecule has 2 unspecified atom stereocenters. The lowest BCUT2D eigenvalue weighted by atomic mass is 9.94. The highest BCUT2D eigenvalue weighted by Crippen LogP contribution is 2.33. The van der Waals surface area contributed by atoms with Crippen LogP contribution in [0.5, 0.6) is 0 Å². The smallest absolute Gasteiger partial charge is 0.352 e. The first kappa shape index (κ1) is 14.9. The van der Waals surface area contributed by atoms with Gasteiger partial charge in [0.25, 0.3) is 4.96 Å². The third kappa shape index (κ3) is 2.69. The summed E-state index contributed by atoms with van der Waals surface area (Å²) in [4.78, 5) is 16.2. The maximum atomic E-state index is 11.4. The highest BCUT2D eigenvalue weighted by Gasteiger charge is 2.31. The first-order valence-electron chi connectivity index (χ1n) is 6.93. The van der Waals surface area contributed by atoms with E-state index < -0.39 is 0 Å². The van der Waals surface area contributed by atoms with E-state index >= 15 is 0 Å². The molecule has 0 aliphatic rings. The van der Waals surface area contributed by atoms with Crippen LogP contribution in [0.2, 0.25) is 0 Å². The molecule has 0 fully saturated rings. The summed E-state index contributed by atoms with van der Waals surface area (Å²) in [5.41, 5.74) is 0.598. The molecule has 0 radical (unpaired) electrons. The minimum atomic E-state index is -0.322. The van der Waals surface area contributed by atoms with Gasteiger partial charge in [-0.15, -0.1) is 0 Å². The number of aromatic nitrogens is 2. The fourth-order valence-corrected chi connectivity index (χ4v) is 3.23. The molecule has 20 heavy (non-hydrogen) atoms. The Balaban J connectivity index is 2.40. The number of rotatable bonds is 7. The van der Waals surface area contributed by atoms with Crippen molar-refractivity contribution in [3.63, 3.8) is 0 Å². The molecular formula is C13H20N4O2S. The molecule has 0 aliphatic carbocycles. The summed E-state index contributed by atoms with van der Waals surface area (Å²) in [6.45, 7) is 7.14. The third-order valence-corrected chi connectivity index (χ3v) is 4.30. The maximum absolute atomic E-state index is 11.4. The van der Waals surface area contributed by atoms with Crippen molar-refractivity contribution < 1.29 is 4.92 Å². The van der Waals surface area contributed by atoms with Crippen molar-refractivity contribution in [3.05, 3.63) is 27.4 Å². The van der Waals surface area contributed by atoms with Crippen LogP contribution >= 0.6 is 11.3 Å². The average Bonchev–Trinajstić information content (AvgIpc) is 2.96. The number of hydrogen-bond donors (Lipinski definition) is 1. The number of nitro groups is 1. The van der Waals surface area contributed by atoms with Gasteiger partial charge in [0.1, 0.15) is 11.9 Å². The monoisotopic (exact) mass is 296 g/mol. The number of nitrogens with one attached hydrogen (secondary N) is 1. The van der Waals surface area contributed by atoms with Crippen molar-refractivity contribution in [2.75, 3.05) is 6.54 Å². The molecule has 110 valence electrons. The molecule has 0 saturated carbocycles. The first-order valence-corrected chi connectivity index (χ1v) is 7.81. The second kappa shape index (κ2) is 6.32. The van der Waals surface area contributed by atoms with Crippen LogP contribution in [-0.2, 0) is 0 Å². The molecule has 0 amide bonds. The van der Waals surface area contributed by atoms with Gasteiger partial charge in [0.2, 0.25) is 0 Å². The number of nitrogens with zero attached hydrogens (tertiary/aromatic N) is 3. The summed E-state index contributed by atoms with van der Waals surface area (Å²) >= 11 is 1.42. The number of imidazole rings is 1. The predicted octanol–water partition coefficient (Wildman–Crippen LogP) is 3.19. The number of hydrogen-bond acceptors (Lipinski definition) is 5. The summed E-state index contributed by atoms with van der Waals surface area (Å²) in [6.07, 6.45) is 3.58. The van der Waals surface area contributed by atoms with Gasteiger partial charge in [-0.1, -0.05) is 25.2 Å². The van der Waals surface area contributed by atoms with Gasteiger partial charge in [-0.3, -0.25) is 0 Å². The second-order valence-corrected chi connectivity index (χ2v) is 5.76. The van der Waals surface area contributed by atoms with E-state index in [2.05, 4.69) is 24.1 Å². The topological polar surface area (TPSA) is 72.5 Å². The Kier molecular flexibility index (Phi) is 4.72. The first-order chi connectivity index (χ1) is 9.60. The Hall–Kier alpha value is -1.47. The van der Waals surface area contributed by atoms with Crippen LogP contribution in [0.4, 0.5) is 5.82 Å². The van der Waals surface area contributed by atoms with E-state index in [1.807, 2.05) is 12.3 Å². The molecule has 2 heterocycles. The van der Waals surface area contributed by atoms with Gasteiger partial charge in [-0.05, 0) is 31.2 Å². The molecule has 7 heteroatoms. The lowest BCUT2D eigenvalue weighted by Gasteiger charge is -2.21. The van der Waals surface area contributed by atoms with Crippen LogP contribution in [0.1, 0.15) is 45.2 Å². The van der Waals surface area contributed by atoms with E-state index in [1.165, 1.54) is 11.3 Å². The Morgan fingerprint density at radius 1 is 1.55 bits per heavy atom. The zero-order valence-electron chi connectivity index (χ0n) is 12.0. The van der Waals surface area contributed by atoms with E-state index in [1.54, 1.807) is 10.6 Å². The highest BCUT2D eigenvalue weighted by molar-refractivity contribution is 7.15. The van der Waals surface area contributed by atoms with Crippen LogP contribution in [-0.4, -0.2) is 26.9 Å². The highest BCUT2D eigenvalue weighted by atomic mass is 32.1. The van der Waals surface area contributed by atoms with Crippen LogP contribution < -0.4 is 5.32 Å². The Morgan fingerprint density at radius 2 is 2.30 bits per heavy atom. The van der Waals surface area contributed by atoms with Crippen LogP contribution in [0.25, 0.3) is 4.96 Å². The zero-order chi connectivity index (χ0) is 14.7. The van der Waals surface area contributed by atoms with E-state index in [-0.39, 0.29) is 22.7 Å². The standard InChI is InChI=1S/C13H20N4O2S/c1-4-6-14-9(3)10(5-2)11-12(17(18)19)16-7-8-20-13(16)15-11/h7-10,14H,4-6H2,1-3H3. The van der Waals surface area contributed by atoms with Crippen LogP contribution in [0.3, 0.4) is 0 Å². The molecule has 2 aromatic heterocycles. The molecule has 2 atom stereocenters. The summed E-state index contributed by atoms with van der Waals surface area (Å²) in [5.74, 6) is 0.160. The summed E-state index contributed by atoms with van der Waals surface area (Å²) in [6, 6.07) is 0.170. The SMILES string of the molecule is CCCNC(C)C(CC)c1nc2sccn2c1[N+](=O)[O-]. The largest absolute Gasteiger partial charge is 0.358 e. The van der Waals surface area contributed by atoms with Crippen LogP contribution in [0, 0.1) is 10.1 Å². The van der Waals surface area contributed by atoms with Crippen molar-refractivity contribution in [1.29, 1.82) is 0 Å². The molecule has 0 bridgehead atoms. The molecule has 0 spiro atoms. The molecule has 0 saturated heterocycles. The van der Waals surface area contributed by atoms with Crippen molar-refractivity contribution in [1.82, 2.24) is 14.7 Å². The minimum Gasteiger partial charge on any atom is -0.358 e. The fourth-order valence-electron chi connectivity index (χ4n) is 2.52. The molecule has 1 N–H and O–H groups in total. The summed E-state index contributed by atoms with van der Waals surface area (Å²) < 4.78 is 1.58. The number of fused-ring (bicyclic) bond motifs is 1. The van der Waals surface area contributed by atoms with Gasteiger partial charge in [-0.2, -0.15) is 9.38 Å². The summed E-state index contributed by atoms with van der Waals surface area (Å²) in [7, 11) is 0. The molecule has 2 aromatic rings. The maximum Gasteiger partial charge on any atom is 0.352 e. The van der Waals surface area contributed by atoms with Gasteiger partial charge < -0.3 is 15.4 Å². The number of thiazole rings is 1. The quantitative estimate of drug-likeness (QED) is 0.629. The predicted molar refractivity (Wildman–Crippen MR) is 80.5 cm³/mol. The molecule has 0 aromatic carbocycles. The second-order valence-electron chi connectivity index (χ2n) is 4.89. The lowest BCUT2D eigenvalue weighted by molar-refractivity contribution is -0.391. The third-order valence-electron chi connectivity index (χ3n) is 3.55. The van der Waals surface area contributed by atoms with Crippen molar-refractivity contribution in [2.45, 2.75) is 45.6 Å². The van der Waals surface area contributed by atoms with E-state index in [0.717, 1.165) is 19.4 Å². The van der Waals surface area contributed by atoms with E-state index in [4.69, 9.17) is 0 Å². The molecule has 2 rings (SSSR count). The van der Waals surface area contributed by atoms with Gasteiger partial charge >= 0.3 is 5.82 Å². The fraction of sp³-hybridized carbons (Fsp3) is 0.615. The summed E-state index contributed by atoms with van der Waals surface area (Å²) in [5, 5.41) is 16.6. The van der Waals surface area contributed by atoms with E-state index in [9.17, 15) is 10.1 Å². The molecule has 0 aliphatic heterocycles. The van der Waals surface area contributed by atoms with Crippen molar-refractivity contribution >= 4 is 22.1 Å². The van der Waals surface area contributed by atoms with Crippen molar-refractivity contribution in [2.24, 2.45) is 0 Å². The van der Waals surface area contributed by atoms with Gasteiger partial charge in [-0.25, -0.2) is 0 Å². The molecule has 6 nitrogen and oxygen atoms in total. The molecular weight excluding hydrogens is 276 g/mol. The Morgan fingerprint density at radius 3 is 2.90 bits per heavy atom. The van der Waals surface area contributed by atoms with Gasteiger partial charge in [0, 0.05) is 17.3 Å². The lowest BCUT2D eigenvalue weighted by Crippen LogP contribution is -2.33. The zero-order valence-corrected chi connectivity index (χ0v) is 12.8. The normalized spacial score (nSPS) is 14.6. The van der Waals surface area contributed by atoms with Gasteiger partial charge in [0.15, 0.2) is 0 Å².